The van der Waals surface area contributed by atoms with Crippen LogP contribution in [0.25, 0.3) is 5.70 Å². The zero-order valence-corrected chi connectivity index (χ0v) is 24.2. The molecule has 1 unspecified atom stereocenters. The maximum Gasteiger partial charge on any atom is 0.274 e. The van der Waals surface area contributed by atoms with Gasteiger partial charge in [-0.1, -0.05) is 81.4 Å². The van der Waals surface area contributed by atoms with E-state index in [-0.39, 0.29) is 31.2 Å². The Labute approximate surface area is 237 Å². The Kier molecular flexibility index (Phi) is 7.73. The summed E-state index contributed by atoms with van der Waals surface area (Å²) in [5.74, 6) is -0.248. The van der Waals surface area contributed by atoms with Crippen LogP contribution < -0.4 is 10.6 Å². The SMILES string of the molecule is Cc1cc(C(=O)N(C[C@]2(F)CCNC2)[C@@H](C2NC(c3ccccc3)=CN2Cc2ccccc2)C(C)(C)C)nn1C. The predicted octanol–water partition coefficient (Wildman–Crippen LogP) is 4.72. The van der Waals surface area contributed by atoms with E-state index in [2.05, 4.69) is 71.9 Å². The van der Waals surface area contributed by atoms with Crippen LogP contribution in [0.1, 0.15) is 54.5 Å². The van der Waals surface area contributed by atoms with E-state index in [1.807, 2.05) is 50.4 Å². The zero-order valence-electron chi connectivity index (χ0n) is 24.2. The summed E-state index contributed by atoms with van der Waals surface area (Å²) in [5, 5.41) is 11.4. The summed E-state index contributed by atoms with van der Waals surface area (Å²) in [7, 11) is 1.82. The number of hydrogen-bond donors (Lipinski definition) is 2. The molecule has 7 nitrogen and oxygen atoms in total. The molecule has 8 heteroatoms. The number of aryl methyl sites for hydroxylation is 2. The van der Waals surface area contributed by atoms with E-state index in [1.165, 1.54) is 0 Å². The monoisotopic (exact) mass is 544 g/mol. The molecule has 212 valence electrons. The minimum atomic E-state index is -1.51. The van der Waals surface area contributed by atoms with Crippen molar-refractivity contribution >= 4 is 11.6 Å². The summed E-state index contributed by atoms with van der Waals surface area (Å²) < 4.78 is 17.9. The predicted molar refractivity (Wildman–Crippen MR) is 157 cm³/mol. The Bertz CT molecular complexity index is 1320. The van der Waals surface area contributed by atoms with Gasteiger partial charge in [0.15, 0.2) is 5.69 Å². The maximum atomic E-state index is 16.2. The van der Waals surface area contributed by atoms with E-state index in [1.54, 1.807) is 15.6 Å². The van der Waals surface area contributed by atoms with Gasteiger partial charge in [-0.25, -0.2) is 4.39 Å². The van der Waals surface area contributed by atoms with Gasteiger partial charge in [0, 0.05) is 32.0 Å². The number of carbonyl (C=O) groups excluding carboxylic acids is 1. The number of hydrogen-bond acceptors (Lipinski definition) is 5. The molecule has 1 fully saturated rings. The van der Waals surface area contributed by atoms with Crippen LogP contribution in [0.4, 0.5) is 4.39 Å². The number of amides is 1. The minimum Gasteiger partial charge on any atom is -0.362 e. The van der Waals surface area contributed by atoms with Gasteiger partial charge < -0.3 is 20.4 Å². The van der Waals surface area contributed by atoms with Gasteiger partial charge in [0.1, 0.15) is 11.8 Å². The number of rotatable bonds is 8. The molecule has 2 N–H and O–H groups in total. The van der Waals surface area contributed by atoms with Crippen molar-refractivity contribution in [3.8, 4) is 0 Å². The molecule has 3 aromatic rings. The minimum absolute atomic E-state index is 0.00554. The van der Waals surface area contributed by atoms with Crippen LogP contribution in [-0.4, -0.2) is 63.0 Å². The third-order valence-electron chi connectivity index (χ3n) is 8.01. The summed E-state index contributed by atoms with van der Waals surface area (Å²) in [6.07, 6.45) is 2.22. The lowest BCUT2D eigenvalue weighted by Gasteiger charge is -2.47. The van der Waals surface area contributed by atoms with Crippen LogP contribution in [0.5, 0.6) is 0 Å². The van der Waals surface area contributed by atoms with Gasteiger partial charge in [-0.3, -0.25) is 9.48 Å². The normalized spacial score (nSPS) is 21.7. The smallest absolute Gasteiger partial charge is 0.274 e. The van der Waals surface area contributed by atoms with Crippen molar-refractivity contribution in [2.75, 3.05) is 19.6 Å². The first-order valence-corrected chi connectivity index (χ1v) is 14.1. The van der Waals surface area contributed by atoms with Crippen LogP contribution in [0.3, 0.4) is 0 Å². The van der Waals surface area contributed by atoms with Crippen LogP contribution in [0, 0.1) is 12.3 Å². The first-order valence-electron chi connectivity index (χ1n) is 14.1. The summed E-state index contributed by atoms with van der Waals surface area (Å²) in [4.78, 5) is 18.3. The molecular formula is C32H41FN6O. The second kappa shape index (κ2) is 11.1. The van der Waals surface area contributed by atoms with Gasteiger partial charge in [-0.2, -0.15) is 5.10 Å². The van der Waals surface area contributed by atoms with Crippen molar-refractivity contribution in [3.05, 3.63) is 95.4 Å². The van der Waals surface area contributed by atoms with Gasteiger partial charge >= 0.3 is 0 Å². The van der Waals surface area contributed by atoms with Crippen molar-refractivity contribution in [2.45, 2.75) is 58.5 Å². The second-order valence-corrected chi connectivity index (χ2v) is 12.3. The number of nitrogens with one attached hydrogen (secondary N) is 2. The molecule has 0 saturated carbocycles. The topological polar surface area (TPSA) is 65.4 Å². The highest BCUT2D eigenvalue weighted by Gasteiger charge is 2.48. The zero-order chi connectivity index (χ0) is 28.5. The molecule has 2 aromatic carbocycles. The van der Waals surface area contributed by atoms with E-state index in [0.717, 1.165) is 22.5 Å². The number of alkyl halides is 1. The lowest BCUT2D eigenvalue weighted by atomic mass is 9.82. The van der Waals surface area contributed by atoms with E-state index in [0.29, 0.717) is 25.2 Å². The lowest BCUT2D eigenvalue weighted by molar-refractivity contribution is -0.000788. The first-order chi connectivity index (χ1) is 19.0. The molecule has 0 radical (unpaired) electrons. The van der Waals surface area contributed by atoms with Crippen LogP contribution in [0.15, 0.2) is 72.9 Å². The average Bonchev–Trinajstić information content (AvgIpc) is 3.63. The lowest BCUT2D eigenvalue weighted by Crippen LogP contribution is -2.63. The van der Waals surface area contributed by atoms with Crippen molar-refractivity contribution in [3.63, 3.8) is 0 Å². The molecule has 3 heterocycles. The van der Waals surface area contributed by atoms with Crippen LogP contribution in [-0.2, 0) is 13.6 Å². The van der Waals surface area contributed by atoms with Gasteiger partial charge in [-0.05, 0) is 42.5 Å². The van der Waals surface area contributed by atoms with Crippen molar-refractivity contribution < 1.29 is 9.18 Å². The second-order valence-electron chi connectivity index (χ2n) is 12.3. The van der Waals surface area contributed by atoms with Crippen LogP contribution >= 0.6 is 0 Å². The Morgan fingerprint density at radius 3 is 2.40 bits per heavy atom. The molecule has 1 saturated heterocycles. The number of carbonyl (C=O) groups is 1. The molecule has 2 aliphatic rings. The fourth-order valence-corrected chi connectivity index (χ4v) is 5.87. The van der Waals surface area contributed by atoms with Gasteiger partial charge in [0.2, 0.25) is 0 Å². The summed E-state index contributed by atoms with van der Waals surface area (Å²) in [6.45, 7) is 9.77. The fourth-order valence-electron chi connectivity index (χ4n) is 5.87. The van der Waals surface area contributed by atoms with Gasteiger partial charge in [-0.15, -0.1) is 0 Å². The molecule has 0 aliphatic carbocycles. The summed E-state index contributed by atoms with van der Waals surface area (Å²) in [6, 6.07) is 21.9. The molecule has 40 heavy (non-hydrogen) atoms. The third kappa shape index (κ3) is 5.92. The molecular weight excluding hydrogens is 503 g/mol. The van der Waals surface area contributed by atoms with Gasteiger partial charge in [0.05, 0.1) is 18.3 Å². The summed E-state index contributed by atoms with van der Waals surface area (Å²) in [5.41, 5.74) is 2.52. The third-order valence-corrected chi connectivity index (χ3v) is 8.01. The molecule has 3 atom stereocenters. The van der Waals surface area contributed by atoms with Gasteiger partial charge in [0.25, 0.3) is 5.91 Å². The van der Waals surface area contributed by atoms with E-state index in [4.69, 9.17) is 0 Å². The average molecular weight is 545 g/mol. The molecule has 0 spiro atoms. The molecule has 5 rings (SSSR count). The maximum absolute atomic E-state index is 16.2. The Morgan fingerprint density at radius 1 is 1.15 bits per heavy atom. The Morgan fingerprint density at radius 2 is 1.82 bits per heavy atom. The first kappa shape index (κ1) is 27.9. The Balaban J connectivity index is 1.58. The fraction of sp³-hybridized carbons (Fsp3) is 0.438. The van der Waals surface area contributed by atoms with Crippen molar-refractivity contribution in [1.29, 1.82) is 0 Å². The highest BCUT2D eigenvalue weighted by molar-refractivity contribution is 5.93. The van der Waals surface area contributed by atoms with E-state index in [9.17, 15) is 4.79 Å². The van der Waals surface area contributed by atoms with Crippen LogP contribution in [0.2, 0.25) is 0 Å². The largest absolute Gasteiger partial charge is 0.362 e. The molecule has 1 amide bonds. The van der Waals surface area contributed by atoms with Crippen molar-refractivity contribution in [1.82, 2.24) is 30.2 Å². The molecule has 1 aromatic heterocycles. The number of nitrogens with zero attached hydrogens (tertiary/aromatic N) is 4. The molecule has 0 bridgehead atoms. The highest BCUT2D eigenvalue weighted by Crippen LogP contribution is 2.36. The highest BCUT2D eigenvalue weighted by atomic mass is 19.1. The number of benzene rings is 2. The standard InChI is InChI=1S/C32H41FN6O/c1-23-18-26(36-37(23)5)30(40)39(22-32(33)16-17-34-21-32)28(31(2,3)4)29-35-27(25-14-10-7-11-15-25)20-38(29)19-24-12-8-6-9-13-24/h6-15,18,20,28-29,34-35H,16-17,19,21-22H2,1-5H3/t28-,29?,32-/m0/s1. The molecule has 2 aliphatic heterocycles. The number of aromatic nitrogens is 2. The summed E-state index contributed by atoms with van der Waals surface area (Å²) >= 11 is 0. The Hall–Kier alpha value is -3.65. The van der Waals surface area contributed by atoms with E-state index >= 15 is 4.39 Å². The number of halogens is 1. The van der Waals surface area contributed by atoms with E-state index < -0.39 is 11.1 Å². The quantitative estimate of drug-likeness (QED) is 0.430. The van der Waals surface area contributed by atoms with Crippen molar-refractivity contribution in [2.24, 2.45) is 12.5 Å².